The Balaban J connectivity index is 2.01. The highest BCUT2D eigenvalue weighted by Gasteiger charge is 2.58. The maximum absolute atomic E-state index is 11.2. The van der Waals surface area contributed by atoms with E-state index >= 15 is 0 Å². The summed E-state index contributed by atoms with van der Waals surface area (Å²) in [7, 11) is 0. The van der Waals surface area contributed by atoms with Crippen LogP contribution in [-0.4, -0.2) is 23.9 Å². The predicted molar refractivity (Wildman–Crippen MR) is 47.6 cm³/mol. The highest BCUT2D eigenvalue weighted by atomic mass is 16.2. The van der Waals surface area contributed by atoms with Gasteiger partial charge in [0.1, 0.15) is 0 Å². The second-order valence-corrected chi connectivity index (χ2v) is 4.04. The highest BCUT2D eigenvalue weighted by molar-refractivity contribution is 5.87. The molecule has 12 heavy (non-hydrogen) atoms. The van der Waals surface area contributed by atoms with Gasteiger partial charge in [0.05, 0.1) is 0 Å². The van der Waals surface area contributed by atoms with Crippen molar-refractivity contribution in [1.29, 1.82) is 0 Å². The first kappa shape index (κ1) is 7.84. The number of hydrogen-bond donors (Lipinski definition) is 0. The van der Waals surface area contributed by atoms with Gasteiger partial charge in [-0.25, -0.2) is 0 Å². The van der Waals surface area contributed by atoms with E-state index in [0.29, 0.717) is 5.41 Å². The van der Waals surface area contributed by atoms with E-state index < -0.39 is 0 Å². The third-order valence-corrected chi connectivity index (χ3v) is 3.50. The molecule has 2 unspecified atom stereocenters. The summed E-state index contributed by atoms with van der Waals surface area (Å²) in [5.74, 6) is 0.904. The van der Waals surface area contributed by atoms with Crippen molar-refractivity contribution in [3.05, 3.63) is 12.7 Å². The first-order chi connectivity index (χ1) is 5.72. The fraction of sp³-hybridized carbons (Fsp3) is 0.700. The van der Waals surface area contributed by atoms with Crippen LogP contribution in [-0.2, 0) is 4.79 Å². The fourth-order valence-electron chi connectivity index (χ4n) is 2.44. The molecule has 0 bridgehead atoms. The molecule has 2 heteroatoms. The number of carbonyl (C=O) groups is 1. The van der Waals surface area contributed by atoms with Gasteiger partial charge in [-0.15, -0.1) is 0 Å². The van der Waals surface area contributed by atoms with Crippen LogP contribution in [0.2, 0.25) is 0 Å². The van der Waals surface area contributed by atoms with E-state index in [1.807, 2.05) is 4.90 Å². The first-order valence-corrected chi connectivity index (χ1v) is 4.63. The molecule has 0 aromatic rings. The van der Waals surface area contributed by atoms with E-state index in [0.717, 1.165) is 19.0 Å². The van der Waals surface area contributed by atoms with Crippen LogP contribution in [0.25, 0.3) is 0 Å². The molecule has 1 heterocycles. The molecule has 0 radical (unpaired) electrons. The molecule has 1 saturated heterocycles. The summed E-state index contributed by atoms with van der Waals surface area (Å²) >= 11 is 0. The topological polar surface area (TPSA) is 20.3 Å². The zero-order valence-corrected chi connectivity index (χ0v) is 7.55. The minimum atomic E-state index is 0.107. The molecular weight excluding hydrogens is 150 g/mol. The zero-order valence-electron chi connectivity index (χ0n) is 7.55. The number of rotatable bonds is 2. The summed E-state index contributed by atoms with van der Waals surface area (Å²) in [6.07, 6.45) is 3.98. The van der Waals surface area contributed by atoms with Gasteiger partial charge in [-0.05, 0) is 30.3 Å². The summed E-state index contributed by atoms with van der Waals surface area (Å²) < 4.78 is 0. The van der Waals surface area contributed by atoms with E-state index in [1.54, 1.807) is 0 Å². The molecule has 2 rings (SSSR count). The number of fused-ring (bicyclic) bond motifs is 1. The number of piperidine rings is 1. The molecule has 2 nitrogen and oxygen atoms in total. The molecule has 1 saturated carbocycles. The lowest BCUT2D eigenvalue weighted by Gasteiger charge is -2.18. The Morgan fingerprint density at radius 3 is 3.08 bits per heavy atom. The van der Waals surface area contributed by atoms with E-state index in [-0.39, 0.29) is 5.91 Å². The predicted octanol–water partition coefficient (Wildman–Crippen LogP) is 1.43. The molecule has 0 aromatic carbocycles. The van der Waals surface area contributed by atoms with Crippen LogP contribution in [0.1, 0.15) is 19.8 Å². The van der Waals surface area contributed by atoms with Gasteiger partial charge in [-0.3, -0.25) is 4.79 Å². The lowest BCUT2D eigenvalue weighted by Crippen LogP contribution is -2.30. The van der Waals surface area contributed by atoms with Crippen LogP contribution in [0.4, 0.5) is 0 Å². The van der Waals surface area contributed by atoms with Crippen LogP contribution in [0, 0.1) is 11.3 Å². The molecule has 1 aliphatic carbocycles. The summed E-state index contributed by atoms with van der Waals surface area (Å²) in [4.78, 5) is 13.2. The largest absolute Gasteiger partial charge is 0.338 e. The van der Waals surface area contributed by atoms with Crippen molar-refractivity contribution in [2.75, 3.05) is 13.1 Å². The molecule has 1 aliphatic heterocycles. The number of hydrogen-bond acceptors (Lipinski definition) is 1. The Kier molecular flexibility index (Phi) is 1.53. The summed E-state index contributed by atoms with van der Waals surface area (Å²) in [6, 6.07) is 0. The molecule has 0 N–H and O–H groups in total. The number of nitrogens with zero attached hydrogens (tertiary/aromatic N) is 1. The van der Waals surface area contributed by atoms with E-state index in [2.05, 4.69) is 13.5 Å². The SMILES string of the molecule is C=CC(=O)N1CC2CC2(CC)C1. The minimum Gasteiger partial charge on any atom is -0.338 e. The molecule has 1 amide bonds. The van der Waals surface area contributed by atoms with Crippen molar-refractivity contribution in [2.24, 2.45) is 11.3 Å². The molecule has 2 fully saturated rings. The normalized spacial score (nSPS) is 37.8. The summed E-state index contributed by atoms with van der Waals surface area (Å²) in [5.41, 5.74) is 0.513. The van der Waals surface area contributed by atoms with Crippen molar-refractivity contribution >= 4 is 5.91 Å². The average Bonchev–Trinajstić information content (AvgIpc) is 2.68. The smallest absolute Gasteiger partial charge is 0.245 e. The van der Waals surface area contributed by atoms with Gasteiger partial charge in [0.2, 0.25) is 5.91 Å². The Morgan fingerprint density at radius 1 is 1.83 bits per heavy atom. The van der Waals surface area contributed by atoms with Crippen molar-refractivity contribution in [2.45, 2.75) is 19.8 Å². The molecule has 0 spiro atoms. The van der Waals surface area contributed by atoms with Crippen molar-refractivity contribution in [1.82, 2.24) is 4.90 Å². The van der Waals surface area contributed by atoms with Gasteiger partial charge in [0.25, 0.3) is 0 Å². The molecule has 2 aliphatic rings. The van der Waals surface area contributed by atoms with Gasteiger partial charge in [0.15, 0.2) is 0 Å². The van der Waals surface area contributed by atoms with Crippen LogP contribution in [0.3, 0.4) is 0 Å². The fourth-order valence-corrected chi connectivity index (χ4v) is 2.44. The van der Waals surface area contributed by atoms with Crippen molar-refractivity contribution in [3.63, 3.8) is 0 Å². The van der Waals surface area contributed by atoms with Crippen LogP contribution >= 0.6 is 0 Å². The first-order valence-electron chi connectivity index (χ1n) is 4.63. The van der Waals surface area contributed by atoms with Gasteiger partial charge >= 0.3 is 0 Å². The van der Waals surface area contributed by atoms with Crippen molar-refractivity contribution in [3.8, 4) is 0 Å². The van der Waals surface area contributed by atoms with E-state index in [1.165, 1.54) is 18.9 Å². The lowest BCUT2D eigenvalue weighted by atomic mass is 10.0. The number of amides is 1. The Labute approximate surface area is 73.2 Å². The highest BCUT2D eigenvalue weighted by Crippen LogP contribution is 2.59. The third kappa shape index (κ3) is 0.904. The van der Waals surface area contributed by atoms with Crippen LogP contribution < -0.4 is 0 Å². The lowest BCUT2D eigenvalue weighted by molar-refractivity contribution is -0.125. The van der Waals surface area contributed by atoms with Gasteiger partial charge in [0, 0.05) is 13.1 Å². The Hall–Kier alpha value is -0.790. The molecular formula is C10H15NO. The molecule has 2 atom stereocenters. The zero-order chi connectivity index (χ0) is 8.77. The standard InChI is InChI=1S/C10H15NO/c1-3-9(12)11-6-8-5-10(8,4-2)7-11/h3,8H,1,4-7H2,2H3. The maximum Gasteiger partial charge on any atom is 0.245 e. The third-order valence-electron chi connectivity index (χ3n) is 3.50. The number of likely N-dealkylation sites (tertiary alicyclic amines) is 1. The van der Waals surface area contributed by atoms with Gasteiger partial charge in [-0.1, -0.05) is 13.5 Å². The average molecular weight is 165 g/mol. The van der Waals surface area contributed by atoms with Gasteiger partial charge < -0.3 is 4.90 Å². The quantitative estimate of drug-likeness (QED) is 0.567. The van der Waals surface area contributed by atoms with Gasteiger partial charge in [-0.2, -0.15) is 0 Å². The number of carbonyl (C=O) groups excluding carboxylic acids is 1. The monoisotopic (exact) mass is 165 g/mol. The Morgan fingerprint density at radius 2 is 2.58 bits per heavy atom. The Bertz CT molecular complexity index is 232. The van der Waals surface area contributed by atoms with E-state index in [9.17, 15) is 4.79 Å². The van der Waals surface area contributed by atoms with Crippen LogP contribution in [0.5, 0.6) is 0 Å². The van der Waals surface area contributed by atoms with Crippen molar-refractivity contribution < 1.29 is 4.79 Å². The van der Waals surface area contributed by atoms with Crippen LogP contribution in [0.15, 0.2) is 12.7 Å². The molecule has 0 aromatic heterocycles. The maximum atomic E-state index is 11.2. The summed E-state index contributed by atoms with van der Waals surface area (Å²) in [6.45, 7) is 7.67. The molecule has 66 valence electrons. The second-order valence-electron chi connectivity index (χ2n) is 4.04. The second kappa shape index (κ2) is 2.35. The summed E-state index contributed by atoms with van der Waals surface area (Å²) in [5, 5.41) is 0. The minimum absolute atomic E-state index is 0.107. The van der Waals surface area contributed by atoms with E-state index in [4.69, 9.17) is 0 Å².